The number of nitro groups is 1. The smallest absolute Gasteiger partial charge is 0.359 e. The largest absolute Gasteiger partial charge is 1.00 e. The van der Waals surface area contributed by atoms with Crippen molar-refractivity contribution in [3.05, 3.63) is 89.2 Å². The fourth-order valence-corrected chi connectivity index (χ4v) is 2.03. The summed E-state index contributed by atoms with van der Waals surface area (Å²) in [6.07, 6.45) is -4.56. The van der Waals surface area contributed by atoms with Gasteiger partial charge in [-0.25, -0.2) is 0 Å². The fourth-order valence-electron chi connectivity index (χ4n) is 2.03. The van der Waals surface area contributed by atoms with E-state index in [1.165, 1.54) is 11.1 Å². The third kappa shape index (κ3) is 8.61. The molecule has 0 radical (unpaired) electrons. The molecule has 0 atom stereocenters. The minimum absolute atomic E-state index is 0. The molecular formula is C19H20F3LiN2O2-2. The Morgan fingerprint density at radius 1 is 1.19 bits per heavy atom. The summed E-state index contributed by atoms with van der Waals surface area (Å²) in [7, 11) is 0. The van der Waals surface area contributed by atoms with Crippen molar-refractivity contribution in [1.29, 1.82) is 0 Å². The van der Waals surface area contributed by atoms with Crippen molar-refractivity contribution in [2.24, 2.45) is 0 Å². The van der Waals surface area contributed by atoms with Crippen molar-refractivity contribution in [3.8, 4) is 0 Å². The number of non-ortho nitro benzene ring substituents is 1. The van der Waals surface area contributed by atoms with Crippen LogP contribution in [0.3, 0.4) is 0 Å². The third-order valence-corrected chi connectivity index (χ3v) is 3.60. The molecule has 0 aliphatic rings. The fraction of sp³-hybridized carbons (Fsp3) is 0.263. The molecule has 4 nitrogen and oxygen atoms in total. The summed E-state index contributed by atoms with van der Waals surface area (Å²) in [6.45, 7) is 12.5. The first kappa shape index (κ1) is 25.2. The van der Waals surface area contributed by atoms with Gasteiger partial charge in [-0.15, -0.1) is 19.2 Å². The Bertz CT molecular complexity index is 720. The minimum atomic E-state index is -4.56. The second kappa shape index (κ2) is 11.8. The second-order valence-corrected chi connectivity index (χ2v) is 5.42. The molecule has 2 aromatic rings. The molecule has 0 aliphatic carbocycles. The van der Waals surface area contributed by atoms with Crippen LogP contribution in [0.2, 0.25) is 0 Å². The Labute approximate surface area is 169 Å². The first-order chi connectivity index (χ1) is 12.2. The maximum Gasteiger partial charge on any atom is 1.00 e. The van der Waals surface area contributed by atoms with Gasteiger partial charge in [0.2, 0.25) is 0 Å². The average Bonchev–Trinajstić information content (AvgIpc) is 2.61. The van der Waals surface area contributed by atoms with Crippen LogP contribution in [0, 0.1) is 37.0 Å². The van der Waals surface area contributed by atoms with Crippen LogP contribution in [-0.4, -0.2) is 22.9 Å². The molecule has 0 saturated heterocycles. The van der Waals surface area contributed by atoms with Crippen LogP contribution in [0.25, 0.3) is 0 Å². The molecule has 0 aromatic heterocycles. The van der Waals surface area contributed by atoms with Gasteiger partial charge in [-0.3, -0.25) is 10.1 Å². The summed E-state index contributed by atoms with van der Waals surface area (Å²) in [5.74, 6) is 0. The van der Waals surface area contributed by atoms with Crippen molar-refractivity contribution in [1.82, 2.24) is 4.90 Å². The maximum absolute atomic E-state index is 12.0. The minimum Gasteiger partial charge on any atom is -0.359 e. The van der Waals surface area contributed by atoms with E-state index < -0.39 is 22.4 Å². The summed E-state index contributed by atoms with van der Waals surface area (Å²) in [6, 6.07) is 12.6. The van der Waals surface area contributed by atoms with E-state index in [0.717, 1.165) is 31.8 Å². The molecule has 8 heteroatoms. The Balaban J connectivity index is 0.000000483. The van der Waals surface area contributed by atoms with E-state index in [0.29, 0.717) is 6.07 Å². The molecular weight excluding hydrogens is 352 g/mol. The van der Waals surface area contributed by atoms with Crippen LogP contribution < -0.4 is 18.9 Å². The SMILES string of the molecule is O=[N+]([O-])c1[c-]ccc(C(F)(F)F)c1.[CH2-]CN(C[CH2-])Cc1ccccc1C.[Li+]. The number of alkyl halides is 3. The first-order valence-corrected chi connectivity index (χ1v) is 7.77. The summed E-state index contributed by atoms with van der Waals surface area (Å²) in [5.41, 5.74) is 0.983. The molecule has 0 amide bonds. The Hall–Kier alpha value is -1.81. The molecule has 0 spiro atoms. The first-order valence-electron chi connectivity index (χ1n) is 7.77. The summed E-state index contributed by atoms with van der Waals surface area (Å²) in [4.78, 5) is 11.4. The maximum atomic E-state index is 12.0. The van der Waals surface area contributed by atoms with Crippen LogP contribution in [0.4, 0.5) is 18.9 Å². The number of hydrogen-bond acceptors (Lipinski definition) is 3. The van der Waals surface area contributed by atoms with Crippen LogP contribution >= 0.6 is 0 Å². The van der Waals surface area contributed by atoms with Crippen molar-refractivity contribution in [3.63, 3.8) is 0 Å². The van der Waals surface area contributed by atoms with E-state index in [1.807, 2.05) is 0 Å². The van der Waals surface area contributed by atoms with Crippen molar-refractivity contribution < 1.29 is 37.0 Å². The van der Waals surface area contributed by atoms with Crippen LogP contribution in [-0.2, 0) is 12.7 Å². The molecule has 142 valence electrons. The quantitative estimate of drug-likeness (QED) is 0.349. The predicted molar refractivity (Wildman–Crippen MR) is 94.1 cm³/mol. The standard InChI is InChI=1S/C12H17N.C7H3F3NO2.Li/c1-4-13(5-2)10-12-9-7-6-8-11(12)3;8-7(9,10)5-2-1-3-6(4-5)11(12)13;/h6-9H,1-2,4-5,10H2,3H3;1-2,4H;/q-2;-1;+1. The van der Waals surface area contributed by atoms with Gasteiger partial charge in [0.15, 0.2) is 5.69 Å². The van der Waals surface area contributed by atoms with Gasteiger partial charge in [0, 0.05) is 11.5 Å². The van der Waals surface area contributed by atoms with Gasteiger partial charge in [0.05, 0.1) is 0 Å². The van der Waals surface area contributed by atoms with Crippen molar-refractivity contribution in [2.45, 2.75) is 19.6 Å². The van der Waals surface area contributed by atoms with Crippen molar-refractivity contribution >= 4 is 5.69 Å². The molecule has 0 heterocycles. The van der Waals surface area contributed by atoms with E-state index in [2.05, 4.69) is 56.0 Å². The zero-order valence-corrected chi connectivity index (χ0v) is 15.4. The van der Waals surface area contributed by atoms with Gasteiger partial charge in [0.1, 0.15) is 0 Å². The zero-order chi connectivity index (χ0) is 19.7. The Morgan fingerprint density at radius 3 is 2.26 bits per heavy atom. The summed E-state index contributed by atoms with van der Waals surface area (Å²) in [5, 5.41) is 10.1. The number of hydrogen-bond donors (Lipinski definition) is 0. The molecule has 0 bridgehead atoms. The second-order valence-electron chi connectivity index (χ2n) is 5.42. The van der Waals surface area contributed by atoms with E-state index in [4.69, 9.17) is 0 Å². The molecule has 2 rings (SSSR count). The molecule has 0 unspecified atom stereocenters. The van der Waals surface area contributed by atoms with E-state index in [1.54, 1.807) is 0 Å². The van der Waals surface area contributed by atoms with Gasteiger partial charge in [-0.1, -0.05) is 30.3 Å². The van der Waals surface area contributed by atoms with E-state index in [-0.39, 0.29) is 18.9 Å². The normalized spacial score (nSPS) is 10.6. The third-order valence-electron chi connectivity index (χ3n) is 3.60. The predicted octanol–water partition coefficient (Wildman–Crippen LogP) is 1.88. The molecule has 27 heavy (non-hydrogen) atoms. The Morgan fingerprint density at radius 2 is 1.78 bits per heavy atom. The van der Waals surface area contributed by atoms with E-state index >= 15 is 0 Å². The number of aryl methyl sites for hydroxylation is 1. The van der Waals surface area contributed by atoms with Gasteiger partial charge >= 0.3 is 25.0 Å². The number of nitrogens with zero attached hydrogens (tertiary/aromatic N) is 2. The van der Waals surface area contributed by atoms with Crippen LogP contribution in [0.1, 0.15) is 16.7 Å². The average molecular weight is 372 g/mol. The number of halogens is 3. The zero-order valence-electron chi connectivity index (χ0n) is 15.4. The molecule has 0 N–H and O–H groups in total. The molecule has 0 saturated carbocycles. The van der Waals surface area contributed by atoms with Crippen LogP contribution in [0.15, 0.2) is 42.5 Å². The molecule has 0 aliphatic heterocycles. The monoisotopic (exact) mass is 372 g/mol. The molecule has 2 aromatic carbocycles. The van der Waals surface area contributed by atoms with Gasteiger partial charge in [-0.2, -0.15) is 25.3 Å². The number of nitro benzene ring substituents is 1. The Kier molecular flexibility index (Phi) is 11.0. The number of benzene rings is 2. The van der Waals surface area contributed by atoms with E-state index in [9.17, 15) is 23.3 Å². The van der Waals surface area contributed by atoms with Crippen LogP contribution in [0.5, 0.6) is 0 Å². The number of rotatable bonds is 5. The molecule has 0 fully saturated rings. The van der Waals surface area contributed by atoms with Gasteiger partial charge in [-0.05, 0) is 23.6 Å². The topological polar surface area (TPSA) is 46.4 Å². The van der Waals surface area contributed by atoms with Gasteiger partial charge < -0.3 is 18.7 Å². The summed E-state index contributed by atoms with van der Waals surface area (Å²) >= 11 is 0. The van der Waals surface area contributed by atoms with Gasteiger partial charge in [0.25, 0.3) is 0 Å². The van der Waals surface area contributed by atoms with Crippen molar-refractivity contribution in [2.75, 3.05) is 13.1 Å². The summed E-state index contributed by atoms with van der Waals surface area (Å²) < 4.78 is 36.0.